The van der Waals surface area contributed by atoms with Gasteiger partial charge in [0.05, 0.1) is 5.39 Å². The molecule has 0 aliphatic heterocycles. The minimum absolute atomic E-state index is 0.254. The lowest BCUT2D eigenvalue weighted by Gasteiger charge is -2.08. The van der Waals surface area contributed by atoms with Crippen molar-refractivity contribution in [3.63, 3.8) is 0 Å². The van der Waals surface area contributed by atoms with E-state index in [0.717, 1.165) is 17.2 Å². The molecule has 0 aliphatic rings. The van der Waals surface area contributed by atoms with Gasteiger partial charge >= 0.3 is 5.97 Å². The zero-order chi connectivity index (χ0) is 16.8. The molecule has 6 heteroatoms. The Labute approximate surface area is 131 Å². The smallest absolute Gasteiger partial charge is 0.327 e. The Morgan fingerprint density at radius 3 is 2.43 bits per heavy atom. The van der Waals surface area contributed by atoms with Crippen molar-refractivity contribution < 1.29 is 14.3 Å². The zero-order valence-electron chi connectivity index (χ0n) is 12.1. The van der Waals surface area contributed by atoms with E-state index in [-0.39, 0.29) is 5.52 Å². The summed E-state index contributed by atoms with van der Waals surface area (Å²) in [6.45, 7) is 2.96. The average molecular weight is 311 g/mol. The molecule has 23 heavy (non-hydrogen) atoms. The summed E-state index contributed by atoms with van der Waals surface area (Å²) in [5.41, 5.74) is 7.90. The molecule has 3 rings (SSSR count). The summed E-state index contributed by atoms with van der Waals surface area (Å²) in [6, 6.07) is 12.8. The van der Waals surface area contributed by atoms with Gasteiger partial charge in [-0.1, -0.05) is 43.0 Å². The first-order chi connectivity index (χ1) is 11.0. The fourth-order valence-electron chi connectivity index (χ4n) is 2.02. The molecule has 3 N–H and O–H groups in total. The second-order valence-corrected chi connectivity index (χ2v) is 4.49. The number of carboxylic acids is 1. The van der Waals surface area contributed by atoms with E-state index in [1.54, 1.807) is 6.07 Å². The molecule has 1 heterocycles. The number of nitrogens with zero attached hydrogens (tertiary/aromatic N) is 2. The SMILES string of the molecule is C=CC(=O)O.Nc1ncnc2c(F)ccc(-c3ccccc3)c12. The summed E-state index contributed by atoms with van der Waals surface area (Å²) in [6.07, 6.45) is 2.11. The largest absolute Gasteiger partial charge is 0.478 e. The Balaban J connectivity index is 0.000000338. The third kappa shape index (κ3) is 3.68. The highest BCUT2D eigenvalue weighted by Crippen LogP contribution is 2.31. The fraction of sp³-hybridized carbons (Fsp3) is 0. The third-order valence-corrected chi connectivity index (χ3v) is 3.03. The number of nitrogen functional groups attached to an aromatic ring is 1. The average Bonchev–Trinajstić information content (AvgIpc) is 2.57. The maximum atomic E-state index is 13.7. The molecule has 5 nitrogen and oxygen atoms in total. The van der Waals surface area contributed by atoms with Crippen molar-refractivity contribution in [2.75, 3.05) is 5.73 Å². The first-order valence-corrected chi connectivity index (χ1v) is 6.64. The molecule has 0 fully saturated rings. The highest BCUT2D eigenvalue weighted by Gasteiger charge is 2.11. The molecular weight excluding hydrogens is 297 g/mol. The van der Waals surface area contributed by atoms with Crippen molar-refractivity contribution >= 4 is 22.7 Å². The zero-order valence-corrected chi connectivity index (χ0v) is 12.1. The number of halogens is 1. The van der Waals surface area contributed by atoms with Crippen molar-refractivity contribution in [1.29, 1.82) is 0 Å². The van der Waals surface area contributed by atoms with E-state index >= 15 is 0 Å². The number of aliphatic carboxylic acids is 1. The fourth-order valence-corrected chi connectivity index (χ4v) is 2.02. The molecule has 0 unspecified atom stereocenters. The van der Waals surface area contributed by atoms with Crippen molar-refractivity contribution in [3.05, 3.63) is 67.3 Å². The van der Waals surface area contributed by atoms with Crippen LogP contribution in [-0.4, -0.2) is 21.0 Å². The third-order valence-electron chi connectivity index (χ3n) is 3.03. The van der Waals surface area contributed by atoms with Crippen molar-refractivity contribution in [2.45, 2.75) is 0 Å². The quantitative estimate of drug-likeness (QED) is 0.709. The van der Waals surface area contributed by atoms with Gasteiger partial charge in [0, 0.05) is 6.08 Å². The number of fused-ring (bicyclic) bond motifs is 1. The van der Waals surface area contributed by atoms with Crippen molar-refractivity contribution in [2.24, 2.45) is 0 Å². The van der Waals surface area contributed by atoms with Crippen LogP contribution in [0.15, 0.2) is 61.4 Å². The molecule has 0 amide bonds. The van der Waals surface area contributed by atoms with Crippen LogP contribution >= 0.6 is 0 Å². The van der Waals surface area contributed by atoms with Gasteiger partial charge in [-0.25, -0.2) is 19.2 Å². The number of nitrogens with two attached hydrogens (primary N) is 1. The second-order valence-electron chi connectivity index (χ2n) is 4.49. The van der Waals surface area contributed by atoms with Gasteiger partial charge in [0.2, 0.25) is 0 Å². The van der Waals surface area contributed by atoms with E-state index in [9.17, 15) is 9.18 Å². The van der Waals surface area contributed by atoms with E-state index < -0.39 is 11.8 Å². The predicted octanol–water partition coefficient (Wildman–Crippen LogP) is 3.28. The maximum Gasteiger partial charge on any atom is 0.327 e. The molecule has 3 aromatic rings. The van der Waals surface area contributed by atoms with Crippen LogP contribution in [0.25, 0.3) is 22.0 Å². The summed E-state index contributed by atoms with van der Waals surface area (Å²) in [5.74, 6) is -1.08. The first-order valence-electron chi connectivity index (χ1n) is 6.64. The monoisotopic (exact) mass is 311 g/mol. The lowest BCUT2D eigenvalue weighted by Crippen LogP contribution is -1.97. The molecule has 0 spiro atoms. The number of benzene rings is 2. The molecule has 2 aromatic carbocycles. The number of hydrogen-bond donors (Lipinski definition) is 2. The minimum atomic E-state index is -0.981. The standard InChI is InChI=1S/C14H10FN3.C3H4O2/c15-11-7-6-10(9-4-2-1-3-5-9)12-13(11)17-8-18-14(12)16;1-2-3(4)5/h1-8H,(H2,16,17,18);2H,1H2,(H,4,5). The minimum Gasteiger partial charge on any atom is -0.478 e. The van der Waals surface area contributed by atoms with Gasteiger partial charge in [-0.3, -0.25) is 0 Å². The van der Waals surface area contributed by atoms with E-state index in [2.05, 4.69) is 16.5 Å². The highest BCUT2D eigenvalue weighted by molar-refractivity contribution is 6.01. The highest BCUT2D eigenvalue weighted by atomic mass is 19.1. The van der Waals surface area contributed by atoms with E-state index in [1.807, 2.05) is 30.3 Å². The van der Waals surface area contributed by atoms with Gasteiger partial charge in [-0.2, -0.15) is 0 Å². The molecular formula is C17H14FN3O2. The van der Waals surface area contributed by atoms with Gasteiger partial charge < -0.3 is 10.8 Å². The van der Waals surface area contributed by atoms with Crippen LogP contribution in [0.3, 0.4) is 0 Å². The number of carbonyl (C=O) groups is 1. The first kappa shape index (κ1) is 16.1. The normalized spacial score (nSPS) is 9.78. The topological polar surface area (TPSA) is 89.1 Å². The molecule has 0 aliphatic carbocycles. The van der Waals surface area contributed by atoms with Crippen LogP contribution < -0.4 is 5.73 Å². The van der Waals surface area contributed by atoms with Gasteiger partial charge in [-0.05, 0) is 17.2 Å². The number of hydrogen-bond acceptors (Lipinski definition) is 4. The Kier molecular flexibility index (Phi) is 4.99. The maximum absolute atomic E-state index is 13.7. The van der Waals surface area contributed by atoms with Gasteiger partial charge in [0.15, 0.2) is 0 Å². The molecule has 0 radical (unpaired) electrons. The molecule has 1 aromatic heterocycles. The van der Waals surface area contributed by atoms with Crippen LogP contribution in [-0.2, 0) is 4.79 Å². The van der Waals surface area contributed by atoms with Crippen LogP contribution in [0.2, 0.25) is 0 Å². The van der Waals surface area contributed by atoms with E-state index in [4.69, 9.17) is 10.8 Å². The molecule has 0 saturated carbocycles. The molecule has 116 valence electrons. The Morgan fingerprint density at radius 2 is 1.83 bits per heavy atom. The van der Waals surface area contributed by atoms with Crippen LogP contribution in [0, 0.1) is 5.82 Å². The van der Waals surface area contributed by atoms with E-state index in [1.165, 1.54) is 12.4 Å². The van der Waals surface area contributed by atoms with Gasteiger partial charge in [0.25, 0.3) is 0 Å². The Bertz CT molecular complexity index is 851. The lowest BCUT2D eigenvalue weighted by atomic mass is 10.0. The Hall–Kier alpha value is -3.28. The molecule has 0 atom stereocenters. The second kappa shape index (κ2) is 7.13. The van der Waals surface area contributed by atoms with Crippen molar-refractivity contribution in [1.82, 2.24) is 9.97 Å². The van der Waals surface area contributed by atoms with Gasteiger partial charge in [0.1, 0.15) is 23.5 Å². The van der Waals surface area contributed by atoms with Gasteiger partial charge in [-0.15, -0.1) is 0 Å². The lowest BCUT2D eigenvalue weighted by molar-refractivity contribution is -0.131. The summed E-state index contributed by atoms with van der Waals surface area (Å²) < 4.78 is 13.7. The van der Waals surface area contributed by atoms with Crippen LogP contribution in [0.5, 0.6) is 0 Å². The summed E-state index contributed by atoms with van der Waals surface area (Å²) in [4.78, 5) is 17.1. The number of carboxylic acid groups (broad SMARTS) is 1. The summed E-state index contributed by atoms with van der Waals surface area (Å²) in [5, 5.41) is 8.16. The van der Waals surface area contributed by atoms with Crippen LogP contribution in [0.1, 0.15) is 0 Å². The summed E-state index contributed by atoms with van der Waals surface area (Å²) >= 11 is 0. The summed E-state index contributed by atoms with van der Waals surface area (Å²) in [7, 11) is 0. The Morgan fingerprint density at radius 1 is 1.17 bits per heavy atom. The van der Waals surface area contributed by atoms with Crippen LogP contribution in [0.4, 0.5) is 10.2 Å². The predicted molar refractivity (Wildman–Crippen MR) is 87.2 cm³/mol. The van der Waals surface area contributed by atoms with E-state index in [0.29, 0.717) is 11.2 Å². The number of anilines is 1. The number of rotatable bonds is 2. The number of aromatic nitrogens is 2. The molecule has 0 bridgehead atoms. The van der Waals surface area contributed by atoms with Crippen molar-refractivity contribution in [3.8, 4) is 11.1 Å². The molecule has 0 saturated heterocycles.